The number of nitrogens with one attached hydrogen (secondary N) is 1. The second-order valence-corrected chi connectivity index (χ2v) is 3.26. The molecule has 0 aromatic carbocycles. The third-order valence-electron chi connectivity index (χ3n) is 2.36. The lowest BCUT2D eigenvalue weighted by atomic mass is 9.95. The highest BCUT2D eigenvalue weighted by atomic mass is 19.4. The van der Waals surface area contributed by atoms with Gasteiger partial charge in [0, 0.05) is 18.4 Å². The van der Waals surface area contributed by atoms with Gasteiger partial charge in [-0.1, -0.05) is 0 Å². The molecule has 0 amide bonds. The van der Waals surface area contributed by atoms with Gasteiger partial charge in [-0.05, 0) is 24.6 Å². The van der Waals surface area contributed by atoms with Crippen molar-refractivity contribution in [3.63, 3.8) is 0 Å². The van der Waals surface area contributed by atoms with Gasteiger partial charge in [-0.15, -0.1) is 0 Å². The summed E-state index contributed by atoms with van der Waals surface area (Å²) in [7, 11) is 0. The van der Waals surface area contributed by atoms with Crippen LogP contribution >= 0.6 is 0 Å². The van der Waals surface area contributed by atoms with Crippen molar-refractivity contribution >= 4 is 0 Å². The van der Waals surface area contributed by atoms with E-state index in [9.17, 15) is 13.2 Å². The van der Waals surface area contributed by atoms with Gasteiger partial charge >= 0.3 is 6.18 Å². The Kier molecular flexibility index (Phi) is 2.19. The zero-order valence-electron chi connectivity index (χ0n) is 7.30. The van der Waals surface area contributed by atoms with E-state index in [1.54, 1.807) is 0 Å². The van der Waals surface area contributed by atoms with Crippen molar-refractivity contribution in [1.29, 1.82) is 0 Å². The first-order valence-corrected chi connectivity index (χ1v) is 4.33. The van der Waals surface area contributed by atoms with Crippen LogP contribution in [-0.4, -0.2) is 11.5 Å². The average molecular weight is 202 g/mol. The van der Waals surface area contributed by atoms with Crippen molar-refractivity contribution in [2.24, 2.45) is 0 Å². The van der Waals surface area contributed by atoms with E-state index < -0.39 is 11.7 Å². The lowest BCUT2D eigenvalue weighted by molar-refractivity contribution is -0.138. The molecule has 14 heavy (non-hydrogen) atoms. The van der Waals surface area contributed by atoms with Crippen LogP contribution in [0.1, 0.15) is 23.6 Å². The highest BCUT2D eigenvalue weighted by molar-refractivity contribution is 5.30. The van der Waals surface area contributed by atoms with Gasteiger partial charge in [0.25, 0.3) is 0 Å². The molecule has 1 atom stereocenters. The maximum atomic E-state index is 12.5. The summed E-state index contributed by atoms with van der Waals surface area (Å²) >= 11 is 0. The third kappa shape index (κ3) is 1.59. The van der Waals surface area contributed by atoms with Gasteiger partial charge in [-0.3, -0.25) is 4.98 Å². The predicted molar refractivity (Wildman–Crippen MR) is 44.6 cm³/mol. The van der Waals surface area contributed by atoms with Crippen molar-refractivity contribution in [3.05, 3.63) is 29.6 Å². The number of pyridine rings is 1. The molecule has 2 nitrogen and oxygen atoms in total. The van der Waals surface area contributed by atoms with Gasteiger partial charge in [0.15, 0.2) is 0 Å². The summed E-state index contributed by atoms with van der Waals surface area (Å²) in [5.41, 5.74) is -0.323. The molecule has 0 saturated carbocycles. The minimum absolute atomic E-state index is 0.180. The lowest BCUT2D eigenvalue weighted by Gasteiger charge is -2.29. The van der Waals surface area contributed by atoms with E-state index in [0.29, 0.717) is 0 Å². The summed E-state index contributed by atoms with van der Waals surface area (Å²) in [6.45, 7) is 0.775. The first-order chi connectivity index (χ1) is 6.59. The van der Waals surface area contributed by atoms with Crippen molar-refractivity contribution in [3.8, 4) is 0 Å². The lowest BCUT2D eigenvalue weighted by Crippen LogP contribution is -2.36. The maximum absolute atomic E-state index is 12.5. The van der Waals surface area contributed by atoms with Crippen LogP contribution in [0.15, 0.2) is 18.5 Å². The smallest absolute Gasteiger partial charge is 0.310 e. The third-order valence-corrected chi connectivity index (χ3v) is 2.36. The van der Waals surface area contributed by atoms with E-state index in [1.165, 1.54) is 12.4 Å². The Morgan fingerprint density at radius 2 is 2.14 bits per heavy atom. The molecule has 0 radical (unpaired) electrons. The minimum atomic E-state index is -4.28. The quantitative estimate of drug-likeness (QED) is 0.754. The van der Waals surface area contributed by atoms with Crippen LogP contribution < -0.4 is 5.32 Å². The molecule has 5 heteroatoms. The summed E-state index contributed by atoms with van der Waals surface area (Å²) in [5.74, 6) is 0. The first-order valence-electron chi connectivity index (χ1n) is 4.33. The topological polar surface area (TPSA) is 24.9 Å². The van der Waals surface area contributed by atoms with Gasteiger partial charge in [0.05, 0.1) is 5.56 Å². The molecule has 0 unspecified atom stereocenters. The fourth-order valence-electron chi connectivity index (χ4n) is 1.50. The number of rotatable bonds is 1. The fourth-order valence-corrected chi connectivity index (χ4v) is 1.50. The Morgan fingerprint density at radius 3 is 2.64 bits per heavy atom. The summed E-state index contributed by atoms with van der Waals surface area (Å²) in [4.78, 5) is 3.72. The minimum Gasteiger partial charge on any atom is -0.310 e. The normalized spacial score (nSPS) is 21.8. The highest BCUT2D eigenvalue weighted by Crippen LogP contribution is 2.36. The van der Waals surface area contributed by atoms with E-state index >= 15 is 0 Å². The molecule has 1 fully saturated rings. The molecule has 1 aliphatic rings. The van der Waals surface area contributed by atoms with E-state index in [1.807, 2.05) is 0 Å². The average Bonchev–Trinajstić information content (AvgIpc) is 2.00. The van der Waals surface area contributed by atoms with Crippen LogP contribution in [0.3, 0.4) is 0 Å². The Morgan fingerprint density at radius 1 is 1.43 bits per heavy atom. The molecule has 0 aliphatic carbocycles. The molecule has 2 rings (SSSR count). The maximum Gasteiger partial charge on any atom is 0.416 e. The number of nitrogens with zero attached hydrogens (tertiary/aromatic N) is 1. The summed E-state index contributed by atoms with van der Waals surface area (Å²) in [5, 5.41) is 2.93. The molecular weight excluding hydrogens is 193 g/mol. The molecule has 0 bridgehead atoms. The van der Waals surface area contributed by atoms with Crippen LogP contribution in [0.25, 0.3) is 0 Å². The van der Waals surface area contributed by atoms with Crippen molar-refractivity contribution in [2.45, 2.75) is 18.6 Å². The van der Waals surface area contributed by atoms with E-state index in [-0.39, 0.29) is 11.6 Å². The predicted octanol–water partition coefficient (Wildman–Crippen LogP) is 2.13. The summed E-state index contributed by atoms with van der Waals surface area (Å²) in [6, 6.07) is 0.843. The van der Waals surface area contributed by atoms with Gasteiger partial charge in [0.1, 0.15) is 0 Å². The molecule has 2 heterocycles. The van der Waals surface area contributed by atoms with Crippen molar-refractivity contribution in [2.75, 3.05) is 6.54 Å². The van der Waals surface area contributed by atoms with E-state index in [4.69, 9.17) is 0 Å². The Balaban J connectivity index is 2.38. The molecule has 76 valence electrons. The van der Waals surface area contributed by atoms with Gasteiger partial charge in [-0.25, -0.2) is 0 Å². The number of hydrogen-bond donors (Lipinski definition) is 1. The Labute approximate surface area is 79.2 Å². The Hall–Kier alpha value is -1.10. The highest BCUT2D eigenvalue weighted by Gasteiger charge is 2.36. The van der Waals surface area contributed by atoms with Crippen molar-refractivity contribution < 1.29 is 13.2 Å². The van der Waals surface area contributed by atoms with E-state index in [0.717, 1.165) is 19.0 Å². The Bertz CT molecular complexity index is 331. The molecule has 1 aromatic rings. The van der Waals surface area contributed by atoms with Crippen LogP contribution in [0, 0.1) is 0 Å². The summed E-state index contributed by atoms with van der Waals surface area (Å²) < 4.78 is 37.5. The summed E-state index contributed by atoms with van der Waals surface area (Å²) in [6.07, 6.45) is -1.07. The van der Waals surface area contributed by atoms with Crippen LogP contribution in [-0.2, 0) is 6.18 Å². The van der Waals surface area contributed by atoms with Gasteiger partial charge in [0.2, 0.25) is 0 Å². The van der Waals surface area contributed by atoms with Crippen molar-refractivity contribution in [1.82, 2.24) is 10.3 Å². The molecule has 1 saturated heterocycles. The monoisotopic (exact) mass is 202 g/mol. The number of hydrogen-bond acceptors (Lipinski definition) is 2. The van der Waals surface area contributed by atoms with E-state index in [2.05, 4.69) is 10.3 Å². The number of aromatic nitrogens is 1. The zero-order valence-corrected chi connectivity index (χ0v) is 7.30. The molecule has 0 spiro atoms. The standard InChI is InChI=1S/C9H9F3N2/c10-9(11,12)7-1-3-13-5-6(7)8-2-4-14-8/h1,3,5,8,14H,2,4H2/t8-/m0/s1. The van der Waals surface area contributed by atoms with Crippen LogP contribution in [0.4, 0.5) is 13.2 Å². The first kappa shape index (κ1) is 9.45. The largest absolute Gasteiger partial charge is 0.416 e. The second kappa shape index (κ2) is 3.24. The van der Waals surface area contributed by atoms with Gasteiger partial charge in [-0.2, -0.15) is 13.2 Å². The fraction of sp³-hybridized carbons (Fsp3) is 0.444. The number of alkyl halides is 3. The molecular formula is C9H9F3N2. The second-order valence-electron chi connectivity index (χ2n) is 3.26. The SMILES string of the molecule is FC(F)(F)c1ccncc1[C@@H]1CCN1. The molecule has 1 aliphatic heterocycles. The molecule has 1 N–H and O–H groups in total. The van der Waals surface area contributed by atoms with Gasteiger partial charge < -0.3 is 5.32 Å². The number of halogens is 3. The molecule has 1 aromatic heterocycles. The van der Waals surface area contributed by atoms with Crippen LogP contribution in [0.2, 0.25) is 0 Å². The van der Waals surface area contributed by atoms with Crippen LogP contribution in [0.5, 0.6) is 0 Å². The zero-order chi connectivity index (χ0) is 10.2.